The van der Waals surface area contributed by atoms with Crippen LogP contribution in [-0.4, -0.2) is 22.8 Å². The minimum Gasteiger partial charge on any atom is -0.461 e. The molecular formula is C10H12N2O2. The molecule has 1 aromatic rings. The zero-order valence-corrected chi connectivity index (χ0v) is 8.06. The van der Waals surface area contributed by atoms with Crippen LogP contribution in [0.5, 0.6) is 0 Å². The van der Waals surface area contributed by atoms with Crippen molar-refractivity contribution in [1.82, 2.24) is 10.2 Å². The van der Waals surface area contributed by atoms with E-state index in [1.165, 1.54) is 12.8 Å². The highest BCUT2D eigenvalue weighted by molar-refractivity contribution is 5.86. The molecule has 0 N–H and O–H groups in total. The molecule has 4 heteroatoms. The van der Waals surface area contributed by atoms with Gasteiger partial charge in [0.05, 0.1) is 12.3 Å². The van der Waals surface area contributed by atoms with E-state index in [1.54, 1.807) is 13.0 Å². The van der Waals surface area contributed by atoms with Crippen molar-refractivity contribution in [1.29, 1.82) is 0 Å². The lowest BCUT2D eigenvalue weighted by Gasteiger charge is -2.00. The lowest BCUT2D eigenvalue weighted by atomic mass is 10.2. The highest BCUT2D eigenvalue weighted by atomic mass is 16.5. The third kappa shape index (κ3) is 1.89. The van der Waals surface area contributed by atoms with Crippen molar-refractivity contribution >= 4 is 5.97 Å². The lowest BCUT2D eigenvalue weighted by Crippen LogP contribution is -2.08. The van der Waals surface area contributed by atoms with Gasteiger partial charge in [0, 0.05) is 5.92 Å². The molecule has 4 nitrogen and oxygen atoms in total. The molecule has 1 aliphatic rings. The average molecular weight is 192 g/mol. The fourth-order valence-electron chi connectivity index (χ4n) is 1.25. The molecule has 2 rings (SSSR count). The molecule has 0 unspecified atom stereocenters. The normalized spacial score (nSPS) is 15.2. The number of rotatable bonds is 3. The second kappa shape index (κ2) is 3.74. The minimum atomic E-state index is -0.401. The van der Waals surface area contributed by atoms with Crippen molar-refractivity contribution in [3.05, 3.63) is 23.5 Å². The van der Waals surface area contributed by atoms with Crippen LogP contribution < -0.4 is 0 Å². The number of ether oxygens (including phenoxy) is 1. The average Bonchev–Trinajstić information content (AvgIpc) is 3.02. The second-order valence-corrected chi connectivity index (χ2v) is 3.34. The van der Waals surface area contributed by atoms with Crippen molar-refractivity contribution < 1.29 is 9.53 Å². The van der Waals surface area contributed by atoms with Gasteiger partial charge in [-0.15, -0.1) is 5.10 Å². The van der Waals surface area contributed by atoms with Gasteiger partial charge in [0.1, 0.15) is 0 Å². The van der Waals surface area contributed by atoms with Gasteiger partial charge in [0.25, 0.3) is 0 Å². The molecule has 1 saturated carbocycles. The Bertz CT molecular complexity index is 330. The quantitative estimate of drug-likeness (QED) is 0.681. The molecule has 74 valence electrons. The van der Waals surface area contributed by atoms with E-state index in [0.29, 0.717) is 12.5 Å². The maximum Gasteiger partial charge on any atom is 0.358 e. The molecule has 0 radical (unpaired) electrons. The molecule has 1 fully saturated rings. The molecule has 0 atom stereocenters. The van der Waals surface area contributed by atoms with Crippen LogP contribution in [0.4, 0.5) is 0 Å². The van der Waals surface area contributed by atoms with Gasteiger partial charge in [-0.25, -0.2) is 4.79 Å². The molecular weight excluding hydrogens is 180 g/mol. The van der Waals surface area contributed by atoms with Crippen LogP contribution in [0.2, 0.25) is 0 Å². The number of aromatic nitrogens is 2. The van der Waals surface area contributed by atoms with Gasteiger partial charge in [0.15, 0.2) is 5.69 Å². The van der Waals surface area contributed by atoms with E-state index in [2.05, 4.69) is 10.2 Å². The van der Waals surface area contributed by atoms with Crippen LogP contribution in [0.25, 0.3) is 0 Å². The summed E-state index contributed by atoms with van der Waals surface area (Å²) in [5.41, 5.74) is 1.27. The monoisotopic (exact) mass is 192 g/mol. The van der Waals surface area contributed by atoms with Crippen molar-refractivity contribution in [2.45, 2.75) is 25.7 Å². The highest BCUT2D eigenvalue weighted by Gasteiger charge is 2.25. The summed E-state index contributed by atoms with van der Waals surface area (Å²) >= 11 is 0. The molecule has 14 heavy (non-hydrogen) atoms. The molecule has 0 aliphatic heterocycles. The Kier molecular flexibility index (Phi) is 2.43. The molecule has 0 aromatic carbocycles. The van der Waals surface area contributed by atoms with E-state index >= 15 is 0 Å². The first kappa shape index (κ1) is 9.12. The van der Waals surface area contributed by atoms with Gasteiger partial charge in [-0.05, 0) is 31.9 Å². The molecule has 0 bridgehead atoms. The molecule has 0 spiro atoms. The van der Waals surface area contributed by atoms with E-state index in [4.69, 9.17) is 4.74 Å². The van der Waals surface area contributed by atoms with Gasteiger partial charge in [0.2, 0.25) is 0 Å². The van der Waals surface area contributed by atoms with Gasteiger partial charge in [-0.3, -0.25) is 0 Å². The van der Waals surface area contributed by atoms with Gasteiger partial charge in [-0.2, -0.15) is 5.10 Å². The zero-order valence-electron chi connectivity index (χ0n) is 8.06. The largest absolute Gasteiger partial charge is 0.461 e. The first-order chi connectivity index (χ1) is 6.81. The van der Waals surface area contributed by atoms with Crippen LogP contribution in [0, 0.1) is 0 Å². The lowest BCUT2D eigenvalue weighted by molar-refractivity contribution is 0.0518. The van der Waals surface area contributed by atoms with Crippen LogP contribution in [-0.2, 0) is 4.74 Å². The summed E-state index contributed by atoms with van der Waals surface area (Å²) in [5, 5.41) is 7.83. The van der Waals surface area contributed by atoms with Gasteiger partial charge >= 0.3 is 5.97 Å². The van der Waals surface area contributed by atoms with Crippen LogP contribution in [0.1, 0.15) is 41.9 Å². The van der Waals surface area contributed by atoms with Gasteiger partial charge < -0.3 is 4.74 Å². The summed E-state index contributed by atoms with van der Waals surface area (Å²) < 4.78 is 4.80. The number of esters is 1. The summed E-state index contributed by atoms with van der Waals surface area (Å²) in [6.07, 6.45) is 2.38. The first-order valence-electron chi connectivity index (χ1n) is 4.82. The van der Waals surface area contributed by atoms with Crippen LogP contribution in [0.3, 0.4) is 0 Å². The van der Waals surface area contributed by atoms with E-state index in [-0.39, 0.29) is 5.69 Å². The van der Waals surface area contributed by atoms with Crippen molar-refractivity contribution in [3.63, 3.8) is 0 Å². The molecule has 1 heterocycles. The summed E-state index contributed by atoms with van der Waals surface area (Å²) in [7, 11) is 0. The molecule has 0 saturated heterocycles. The Morgan fingerprint density at radius 2 is 2.29 bits per heavy atom. The third-order valence-corrected chi connectivity index (χ3v) is 2.17. The molecule has 0 amide bonds. The Morgan fingerprint density at radius 1 is 1.50 bits per heavy atom. The molecule has 1 aliphatic carbocycles. The zero-order chi connectivity index (χ0) is 9.97. The fraction of sp³-hybridized carbons (Fsp3) is 0.500. The maximum absolute atomic E-state index is 11.2. The standard InChI is InChI=1S/C10H12N2O2/c1-2-14-10(13)9-6-5-8(11-12-9)7-3-4-7/h5-7H,2-4H2,1H3. The fourth-order valence-corrected chi connectivity index (χ4v) is 1.25. The van der Waals surface area contributed by atoms with E-state index in [0.717, 1.165) is 5.69 Å². The number of hydrogen-bond acceptors (Lipinski definition) is 4. The van der Waals surface area contributed by atoms with Crippen LogP contribution in [0.15, 0.2) is 12.1 Å². The maximum atomic E-state index is 11.2. The van der Waals surface area contributed by atoms with Crippen LogP contribution >= 0.6 is 0 Å². The van der Waals surface area contributed by atoms with E-state index in [9.17, 15) is 4.79 Å². The van der Waals surface area contributed by atoms with Gasteiger partial charge in [-0.1, -0.05) is 0 Å². The van der Waals surface area contributed by atoms with E-state index < -0.39 is 5.97 Å². The Labute approximate surface area is 82.3 Å². The minimum absolute atomic E-state index is 0.288. The smallest absolute Gasteiger partial charge is 0.358 e. The van der Waals surface area contributed by atoms with E-state index in [1.807, 2.05) is 6.07 Å². The number of nitrogens with zero attached hydrogens (tertiary/aromatic N) is 2. The summed E-state index contributed by atoms with van der Waals surface area (Å²) in [4.78, 5) is 11.2. The summed E-state index contributed by atoms with van der Waals surface area (Å²) in [6, 6.07) is 3.54. The first-order valence-corrected chi connectivity index (χ1v) is 4.82. The van der Waals surface area contributed by atoms with Crippen molar-refractivity contribution in [3.8, 4) is 0 Å². The number of carbonyl (C=O) groups is 1. The third-order valence-electron chi connectivity index (χ3n) is 2.17. The summed E-state index contributed by atoms with van der Waals surface area (Å²) in [6.45, 7) is 2.13. The predicted molar refractivity (Wildman–Crippen MR) is 50.0 cm³/mol. The summed E-state index contributed by atoms with van der Waals surface area (Å²) in [5.74, 6) is 0.168. The molecule has 1 aromatic heterocycles. The highest BCUT2D eigenvalue weighted by Crippen LogP contribution is 2.38. The predicted octanol–water partition coefficient (Wildman–Crippen LogP) is 1.53. The Morgan fingerprint density at radius 3 is 2.79 bits per heavy atom. The topological polar surface area (TPSA) is 52.1 Å². The van der Waals surface area contributed by atoms with Crippen molar-refractivity contribution in [2.24, 2.45) is 0 Å². The number of hydrogen-bond donors (Lipinski definition) is 0. The SMILES string of the molecule is CCOC(=O)c1ccc(C2CC2)nn1. The van der Waals surface area contributed by atoms with Crippen molar-refractivity contribution in [2.75, 3.05) is 6.61 Å². The Balaban J connectivity index is 2.08. The second-order valence-electron chi connectivity index (χ2n) is 3.34. The number of carbonyl (C=O) groups excluding carboxylic acids is 1. The Hall–Kier alpha value is -1.45.